The molecule has 1 heterocycles. The van der Waals surface area contributed by atoms with Gasteiger partial charge in [-0.15, -0.1) is 0 Å². The van der Waals surface area contributed by atoms with Crippen molar-refractivity contribution in [3.05, 3.63) is 18.0 Å². The summed E-state index contributed by atoms with van der Waals surface area (Å²) >= 11 is 0. The summed E-state index contributed by atoms with van der Waals surface area (Å²) in [6.07, 6.45) is 4.03. The first-order chi connectivity index (χ1) is 9.01. The van der Waals surface area contributed by atoms with Crippen LogP contribution in [0.3, 0.4) is 0 Å². The Morgan fingerprint density at radius 3 is 2.74 bits per heavy atom. The van der Waals surface area contributed by atoms with E-state index in [1.54, 1.807) is 17.9 Å². The number of carbonyl (C=O) groups is 2. The van der Waals surface area contributed by atoms with E-state index in [0.29, 0.717) is 6.54 Å². The van der Waals surface area contributed by atoms with Crippen LogP contribution in [-0.2, 0) is 18.4 Å². The van der Waals surface area contributed by atoms with Gasteiger partial charge < -0.3 is 15.7 Å². The molecule has 1 aromatic heterocycles. The van der Waals surface area contributed by atoms with Crippen molar-refractivity contribution in [1.29, 1.82) is 0 Å². The number of hydrogen-bond donors (Lipinski definition) is 3. The highest BCUT2D eigenvalue weighted by molar-refractivity contribution is 5.77. The van der Waals surface area contributed by atoms with Gasteiger partial charge in [0.1, 0.15) is 0 Å². The molecule has 1 saturated carbocycles. The molecule has 0 saturated heterocycles. The number of aliphatic carboxylic acids is 1. The summed E-state index contributed by atoms with van der Waals surface area (Å²) in [5, 5.41) is 18.4. The average molecular weight is 266 g/mol. The van der Waals surface area contributed by atoms with Crippen molar-refractivity contribution in [2.45, 2.75) is 37.8 Å². The van der Waals surface area contributed by atoms with Crippen LogP contribution in [0, 0.1) is 0 Å². The topological polar surface area (TPSA) is 96.3 Å². The van der Waals surface area contributed by atoms with Crippen molar-refractivity contribution in [1.82, 2.24) is 20.4 Å². The Balaban J connectivity index is 1.83. The largest absolute Gasteiger partial charge is 0.481 e. The second kappa shape index (κ2) is 5.29. The lowest BCUT2D eigenvalue weighted by Gasteiger charge is -2.41. The van der Waals surface area contributed by atoms with Crippen LogP contribution in [0.2, 0.25) is 0 Å². The van der Waals surface area contributed by atoms with Gasteiger partial charge in [0.2, 0.25) is 0 Å². The minimum atomic E-state index is -0.883. The molecule has 2 amide bonds. The van der Waals surface area contributed by atoms with Gasteiger partial charge in [-0.25, -0.2) is 4.79 Å². The number of aryl methyl sites for hydroxylation is 1. The van der Waals surface area contributed by atoms with Gasteiger partial charge in [-0.05, 0) is 25.3 Å². The van der Waals surface area contributed by atoms with E-state index in [4.69, 9.17) is 5.11 Å². The SMILES string of the molecule is Cn1nccc1CNC(=O)NC1(CC(=O)O)CCC1. The maximum absolute atomic E-state index is 11.8. The Kier molecular flexibility index (Phi) is 3.73. The van der Waals surface area contributed by atoms with Gasteiger partial charge in [-0.2, -0.15) is 5.10 Å². The summed E-state index contributed by atoms with van der Waals surface area (Å²) in [6.45, 7) is 0.367. The second-order valence-corrected chi connectivity index (χ2v) is 4.96. The molecule has 1 fully saturated rings. The summed E-state index contributed by atoms with van der Waals surface area (Å²) in [6, 6.07) is 1.48. The molecule has 7 nitrogen and oxygen atoms in total. The lowest BCUT2D eigenvalue weighted by Crippen LogP contribution is -2.57. The molecule has 0 aromatic carbocycles. The van der Waals surface area contributed by atoms with E-state index in [1.165, 1.54) is 0 Å². The molecule has 0 bridgehead atoms. The first-order valence-corrected chi connectivity index (χ1v) is 6.25. The Hall–Kier alpha value is -2.05. The average Bonchev–Trinajstić information content (AvgIpc) is 2.68. The van der Waals surface area contributed by atoms with Crippen LogP contribution in [0.1, 0.15) is 31.4 Å². The molecule has 0 aliphatic heterocycles. The van der Waals surface area contributed by atoms with Crippen molar-refractivity contribution in [2.75, 3.05) is 0 Å². The van der Waals surface area contributed by atoms with E-state index >= 15 is 0 Å². The van der Waals surface area contributed by atoms with Gasteiger partial charge in [-0.3, -0.25) is 9.48 Å². The van der Waals surface area contributed by atoms with Gasteiger partial charge in [0.15, 0.2) is 0 Å². The van der Waals surface area contributed by atoms with Gasteiger partial charge in [0.25, 0.3) is 0 Å². The molecule has 1 aliphatic rings. The summed E-state index contributed by atoms with van der Waals surface area (Å²) < 4.78 is 1.68. The smallest absolute Gasteiger partial charge is 0.315 e. The van der Waals surface area contributed by atoms with Crippen molar-refractivity contribution in [3.8, 4) is 0 Å². The van der Waals surface area contributed by atoms with Crippen molar-refractivity contribution in [3.63, 3.8) is 0 Å². The monoisotopic (exact) mass is 266 g/mol. The number of carboxylic acid groups (broad SMARTS) is 1. The van der Waals surface area contributed by atoms with Crippen LogP contribution >= 0.6 is 0 Å². The van der Waals surface area contributed by atoms with Crippen LogP contribution in [0.25, 0.3) is 0 Å². The van der Waals surface area contributed by atoms with Crippen molar-refractivity contribution < 1.29 is 14.7 Å². The van der Waals surface area contributed by atoms with Crippen LogP contribution in [0.5, 0.6) is 0 Å². The van der Waals surface area contributed by atoms with Crippen molar-refractivity contribution >= 4 is 12.0 Å². The fraction of sp³-hybridized carbons (Fsp3) is 0.583. The standard InChI is InChI=1S/C12H18N4O3/c1-16-9(3-6-14-16)8-13-11(19)15-12(4-2-5-12)7-10(17)18/h3,6H,2,4-5,7-8H2,1H3,(H,17,18)(H2,13,15,19). The summed E-state index contributed by atoms with van der Waals surface area (Å²) in [7, 11) is 1.80. The molecule has 7 heteroatoms. The highest BCUT2D eigenvalue weighted by atomic mass is 16.4. The molecule has 0 unspecified atom stereocenters. The van der Waals surface area contributed by atoms with Gasteiger partial charge in [-0.1, -0.05) is 0 Å². The number of urea groups is 1. The Morgan fingerprint density at radius 2 is 2.26 bits per heavy atom. The zero-order chi connectivity index (χ0) is 13.9. The van der Waals surface area contributed by atoms with Gasteiger partial charge in [0.05, 0.1) is 24.2 Å². The zero-order valence-corrected chi connectivity index (χ0v) is 10.8. The molecule has 1 aliphatic carbocycles. The van der Waals surface area contributed by atoms with E-state index in [1.807, 2.05) is 6.07 Å². The third-order valence-corrected chi connectivity index (χ3v) is 3.53. The van der Waals surface area contributed by atoms with Crippen LogP contribution in [0.15, 0.2) is 12.3 Å². The Morgan fingerprint density at radius 1 is 1.53 bits per heavy atom. The van der Waals surface area contributed by atoms with Crippen LogP contribution in [0.4, 0.5) is 4.79 Å². The van der Waals surface area contributed by atoms with E-state index in [-0.39, 0.29) is 12.5 Å². The number of carbonyl (C=O) groups excluding carboxylic acids is 1. The number of aromatic nitrogens is 2. The summed E-state index contributed by atoms with van der Waals surface area (Å²) in [5.41, 5.74) is 0.318. The van der Waals surface area contributed by atoms with Crippen LogP contribution < -0.4 is 10.6 Å². The third-order valence-electron chi connectivity index (χ3n) is 3.53. The molecule has 1 aromatic rings. The number of hydrogen-bond acceptors (Lipinski definition) is 3. The Bertz CT molecular complexity index is 479. The number of carboxylic acids is 1. The summed E-state index contributed by atoms with van der Waals surface area (Å²) in [5.74, 6) is -0.883. The molecule has 19 heavy (non-hydrogen) atoms. The maximum atomic E-state index is 11.8. The molecule has 0 spiro atoms. The third kappa shape index (κ3) is 3.24. The van der Waals surface area contributed by atoms with Gasteiger partial charge >= 0.3 is 12.0 Å². The predicted octanol–water partition coefficient (Wildman–Crippen LogP) is 0.617. The van der Waals surface area contributed by atoms with Crippen molar-refractivity contribution in [2.24, 2.45) is 7.05 Å². The fourth-order valence-electron chi connectivity index (χ4n) is 2.27. The first-order valence-electron chi connectivity index (χ1n) is 6.25. The minimum absolute atomic E-state index is 0.0217. The number of amides is 2. The van der Waals surface area contributed by atoms with Gasteiger partial charge in [0, 0.05) is 13.2 Å². The molecule has 2 rings (SSSR count). The lowest BCUT2D eigenvalue weighted by atomic mass is 9.74. The molecular formula is C12H18N4O3. The molecular weight excluding hydrogens is 248 g/mol. The molecule has 3 N–H and O–H groups in total. The maximum Gasteiger partial charge on any atom is 0.315 e. The summed E-state index contributed by atoms with van der Waals surface area (Å²) in [4.78, 5) is 22.6. The van der Waals surface area contributed by atoms with E-state index in [9.17, 15) is 9.59 Å². The Labute approximate surface area is 111 Å². The van der Waals surface area contributed by atoms with E-state index < -0.39 is 11.5 Å². The van der Waals surface area contributed by atoms with E-state index in [2.05, 4.69) is 15.7 Å². The lowest BCUT2D eigenvalue weighted by molar-refractivity contribution is -0.139. The molecule has 0 atom stereocenters. The van der Waals surface area contributed by atoms with E-state index in [0.717, 1.165) is 25.0 Å². The fourth-order valence-corrected chi connectivity index (χ4v) is 2.27. The predicted molar refractivity (Wildman–Crippen MR) is 67.4 cm³/mol. The normalized spacial score (nSPS) is 16.5. The number of nitrogens with one attached hydrogen (secondary N) is 2. The first kappa shape index (κ1) is 13.4. The number of nitrogens with zero attached hydrogens (tertiary/aromatic N) is 2. The highest BCUT2D eigenvalue weighted by Gasteiger charge is 2.40. The highest BCUT2D eigenvalue weighted by Crippen LogP contribution is 2.34. The second-order valence-electron chi connectivity index (χ2n) is 4.96. The zero-order valence-electron chi connectivity index (χ0n) is 10.8. The van der Waals surface area contributed by atoms with Crippen LogP contribution in [-0.4, -0.2) is 32.4 Å². The molecule has 104 valence electrons. The number of rotatable bonds is 5. The molecule has 0 radical (unpaired) electrons. The quantitative estimate of drug-likeness (QED) is 0.727. The minimum Gasteiger partial charge on any atom is -0.481 e.